The van der Waals surface area contributed by atoms with Gasteiger partial charge < -0.3 is 5.32 Å². The Hall–Kier alpha value is -1.67. The van der Waals surface area contributed by atoms with Crippen LogP contribution in [0.5, 0.6) is 0 Å². The fraction of sp³-hybridized carbons (Fsp3) is 0.389. The van der Waals surface area contributed by atoms with Crippen LogP contribution in [0.25, 0.3) is 0 Å². The van der Waals surface area contributed by atoms with Crippen LogP contribution >= 0.6 is 0 Å². The van der Waals surface area contributed by atoms with Crippen LogP contribution < -0.4 is 5.32 Å². The fourth-order valence-corrected chi connectivity index (χ4v) is 3.02. The van der Waals surface area contributed by atoms with Gasteiger partial charge in [-0.25, -0.2) is 0 Å². The highest BCUT2D eigenvalue weighted by molar-refractivity contribution is 5.27. The van der Waals surface area contributed by atoms with E-state index in [-0.39, 0.29) is 0 Å². The van der Waals surface area contributed by atoms with Gasteiger partial charge in [-0.15, -0.1) is 0 Å². The maximum Gasteiger partial charge on any atom is 0.0605 e. The van der Waals surface area contributed by atoms with Crippen molar-refractivity contribution in [3.63, 3.8) is 0 Å². The summed E-state index contributed by atoms with van der Waals surface area (Å²) >= 11 is 0. The van der Waals surface area contributed by atoms with E-state index in [2.05, 4.69) is 54.5 Å². The van der Waals surface area contributed by atoms with Gasteiger partial charge in [-0.2, -0.15) is 0 Å². The number of hydrogen-bond acceptors (Lipinski definition) is 2. The number of aromatic nitrogens is 1. The van der Waals surface area contributed by atoms with Crippen molar-refractivity contribution in [1.82, 2.24) is 10.3 Å². The first-order valence-electron chi connectivity index (χ1n) is 7.50. The van der Waals surface area contributed by atoms with Crippen molar-refractivity contribution >= 4 is 0 Å². The Morgan fingerprint density at radius 3 is 2.80 bits per heavy atom. The number of nitrogens with one attached hydrogen (secondary N) is 1. The Bertz CT molecular complexity index is 574. The zero-order valence-electron chi connectivity index (χ0n) is 12.3. The highest BCUT2D eigenvalue weighted by Crippen LogP contribution is 2.30. The van der Waals surface area contributed by atoms with E-state index in [1.54, 1.807) is 0 Å². The zero-order valence-corrected chi connectivity index (χ0v) is 12.3. The predicted octanol–water partition coefficient (Wildman–Crippen LogP) is 4.12. The molecule has 20 heavy (non-hydrogen) atoms. The third-order valence-corrected chi connectivity index (χ3v) is 4.22. The van der Waals surface area contributed by atoms with Crippen LogP contribution in [-0.2, 0) is 6.42 Å². The van der Waals surface area contributed by atoms with Crippen molar-refractivity contribution in [3.8, 4) is 0 Å². The molecule has 2 aromatic rings. The summed E-state index contributed by atoms with van der Waals surface area (Å²) in [4.78, 5) is 4.60. The monoisotopic (exact) mass is 266 g/mol. The molecule has 0 saturated heterocycles. The van der Waals surface area contributed by atoms with Crippen molar-refractivity contribution in [1.29, 1.82) is 0 Å². The molecular weight excluding hydrogens is 244 g/mol. The summed E-state index contributed by atoms with van der Waals surface area (Å²) in [7, 11) is 0. The van der Waals surface area contributed by atoms with E-state index >= 15 is 0 Å². The smallest absolute Gasteiger partial charge is 0.0605 e. The molecule has 0 spiro atoms. The topological polar surface area (TPSA) is 24.9 Å². The molecule has 2 atom stereocenters. The lowest BCUT2D eigenvalue weighted by Gasteiger charge is -2.28. The standard InChI is InChI=1S/C18H22N2/c1-13-8-10-15(11-9-13)14(2)20-17-7-3-5-16-6-4-12-19-18(16)17/h4,6,8-12,14,17,20H,3,5,7H2,1-2H3/t14-,17?/m0/s1. The minimum Gasteiger partial charge on any atom is -0.302 e. The fourth-order valence-electron chi connectivity index (χ4n) is 3.02. The molecule has 0 radical (unpaired) electrons. The molecule has 0 bridgehead atoms. The maximum absolute atomic E-state index is 4.60. The first kappa shape index (κ1) is 13.3. The van der Waals surface area contributed by atoms with Gasteiger partial charge in [0.1, 0.15) is 0 Å². The van der Waals surface area contributed by atoms with E-state index in [4.69, 9.17) is 0 Å². The molecule has 0 fully saturated rings. The Balaban J connectivity index is 1.77. The second-order valence-electron chi connectivity index (χ2n) is 5.79. The highest BCUT2D eigenvalue weighted by atomic mass is 15.0. The predicted molar refractivity (Wildman–Crippen MR) is 82.6 cm³/mol. The van der Waals surface area contributed by atoms with Crippen LogP contribution in [0.3, 0.4) is 0 Å². The van der Waals surface area contributed by atoms with Crippen LogP contribution in [0.4, 0.5) is 0 Å². The van der Waals surface area contributed by atoms with Crippen molar-refractivity contribution in [3.05, 3.63) is 65.0 Å². The quantitative estimate of drug-likeness (QED) is 0.904. The second kappa shape index (κ2) is 5.76. The van der Waals surface area contributed by atoms with Gasteiger partial charge in [0.25, 0.3) is 0 Å². The summed E-state index contributed by atoms with van der Waals surface area (Å²) in [5, 5.41) is 3.75. The molecule has 2 heteroatoms. The van der Waals surface area contributed by atoms with Gasteiger partial charge in [-0.3, -0.25) is 4.98 Å². The van der Waals surface area contributed by atoms with Gasteiger partial charge in [0, 0.05) is 12.2 Å². The summed E-state index contributed by atoms with van der Waals surface area (Å²) in [6, 6.07) is 13.8. The van der Waals surface area contributed by atoms with E-state index in [1.807, 2.05) is 12.3 Å². The van der Waals surface area contributed by atoms with Crippen LogP contribution in [0.15, 0.2) is 42.6 Å². The molecule has 0 aliphatic heterocycles. The summed E-state index contributed by atoms with van der Waals surface area (Å²) in [5.74, 6) is 0. The molecule has 0 saturated carbocycles. The normalized spacial score (nSPS) is 19.4. The lowest BCUT2D eigenvalue weighted by Crippen LogP contribution is -2.28. The van der Waals surface area contributed by atoms with E-state index in [0.29, 0.717) is 12.1 Å². The maximum atomic E-state index is 4.60. The minimum absolute atomic E-state index is 0.355. The molecule has 1 aliphatic carbocycles. The molecular formula is C18H22N2. The van der Waals surface area contributed by atoms with Crippen LogP contribution in [-0.4, -0.2) is 4.98 Å². The Morgan fingerprint density at radius 1 is 1.20 bits per heavy atom. The van der Waals surface area contributed by atoms with E-state index in [1.165, 1.54) is 41.6 Å². The van der Waals surface area contributed by atoms with E-state index in [0.717, 1.165) is 0 Å². The van der Waals surface area contributed by atoms with Gasteiger partial charge >= 0.3 is 0 Å². The number of benzene rings is 1. The summed E-state index contributed by atoms with van der Waals surface area (Å²) in [6.07, 6.45) is 5.51. The average molecular weight is 266 g/mol. The lowest BCUT2D eigenvalue weighted by atomic mass is 9.91. The zero-order chi connectivity index (χ0) is 13.9. The van der Waals surface area contributed by atoms with Gasteiger partial charge in [0.2, 0.25) is 0 Å². The highest BCUT2D eigenvalue weighted by Gasteiger charge is 2.22. The van der Waals surface area contributed by atoms with Crippen molar-refractivity contribution in [2.45, 2.75) is 45.2 Å². The third kappa shape index (κ3) is 2.75. The Morgan fingerprint density at radius 2 is 2.00 bits per heavy atom. The number of nitrogens with zero attached hydrogens (tertiary/aromatic N) is 1. The molecule has 0 amide bonds. The summed E-state index contributed by atoms with van der Waals surface area (Å²) in [6.45, 7) is 4.37. The Kier molecular flexibility index (Phi) is 3.83. The molecule has 1 aromatic heterocycles. The van der Waals surface area contributed by atoms with E-state index < -0.39 is 0 Å². The van der Waals surface area contributed by atoms with Crippen LogP contribution in [0.2, 0.25) is 0 Å². The van der Waals surface area contributed by atoms with Crippen molar-refractivity contribution in [2.75, 3.05) is 0 Å². The summed E-state index contributed by atoms with van der Waals surface area (Å²) < 4.78 is 0. The number of rotatable bonds is 3. The molecule has 1 heterocycles. The molecule has 2 nitrogen and oxygen atoms in total. The molecule has 1 aromatic carbocycles. The lowest BCUT2D eigenvalue weighted by molar-refractivity contribution is 0.406. The van der Waals surface area contributed by atoms with Gasteiger partial charge in [-0.05, 0) is 50.3 Å². The number of aryl methyl sites for hydroxylation is 2. The van der Waals surface area contributed by atoms with Gasteiger partial charge in [0.15, 0.2) is 0 Å². The molecule has 104 valence electrons. The van der Waals surface area contributed by atoms with Gasteiger partial charge in [-0.1, -0.05) is 35.9 Å². The third-order valence-electron chi connectivity index (χ3n) is 4.22. The molecule has 1 unspecified atom stereocenters. The average Bonchev–Trinajstić information content (AvgIpc) is 2.48. The summed E-state index contributed by atoms with van der Waals surface area (Å²) in [5.41, 5.74) is 5.31. The number of hydrogen-bond donors (Lipinski definition) is 1. The van der Waals surface area contributed by atoms with Crippen LogP contribution in [0, 0.1) is 6.92 Å². The van der Waals surface area contributed by atoms with Crippen LogP contribution in [0.1, 0.15) is 54.2 Å². The Labute approximate surface area is 121 Å². The number of pyridine rings is 1. The SMILES string of the molecule is Cc1ccc([C@H](C)NC2CCCc3cccnc32)cc1. The number of fused-ring (bicyclic) bond motifs is 1. The molecule has 1 aliphatic rings. The molecule has 3 rings (SSSR count). The van der Waals surface area contributed by atoms with Gasteiger partial charge in [0.05, 0.1) is 11.7 Å². The van der Waals surface area contributed by atoms with Crippen molar-refractivity contribution in [2.24, 2.45) is 0 Å². The second-order valence-corrected chi connectivity index (χ2v) is 5.79. The largest absolute Gasteiger partial charge is 0.302 e. The first-order valence-corrected chi connectivity index (χ1v) is 7.50. The van der Waals surface area contributed by atoms with Crippen molar-refractivity contribution < 1.29 is 0 Å². The molecule has 1 N–H and O–H groups in total. The van der Waals surface area contributed by atoms with E-state index in [9.17, 15) is 0 Å². The first-order chi connectivity index (χ1) is 9.74. The minimum atomic E-state index is 0.355.